The van der Waals surface area contributed by atoms with Crippen LogP contribution in [0.15, 0.2) is 24.3 Å². The second-order valence-corrected chi connectivity index (χ2v) is 7.22. The molecule has 25 heavy (non-hydrogen) atoms. The highest BCUT2D eigenvalue weighted by Gasteiger charge is 2.47. The van der Waals surface area contributed by atoms with Gasteiger partial charge in [-0.25, -0.2) is 4.79 Å². The first-order valence-corrected chi connectivity index (χ1v) is 9.27. The molecule has 1 atom stereocenters. The number of hydrogen-bond acceptors (Lipinski definition) is 3. The Morgan fingerprint density at radius 3 is 2.36 bits per heavy atom. The summed E-state index contributed by atoms with van der Waals surface area (Å²) in [5.41, 5.74) is 0.411. The zero-order chi connectivity index (χ0) is 17.9. The smallest absolute Gasteiger partial charge is 0.326 e. The van der Waals surface area contributed by atoms with E-state index in [1.807, 2.05) is 24.3 Å². The Morgan fingerprint density at radius 2 is 1.76 bits per heavy atom. The van der Waals surface area contributed by atoms with E-state index in [4.69, 9.17) is 4.74 Å². The van der Waals surface area contributed by atoms with Crippen LogP contribution in [0, 0.1) is 0 Å². The third-order valence-corrected chi connectivity index (χ3v) is 5.81. The van der Waals surface area contributed by atoms with Gasteiger partial charge in [-0.05, 0) is 43.4 Å². The van der Waals surface area contributed by atoms with Crippen LogP contribution in [-0.4, -0.2) is 41.6 Å². The van der Waals surface area contributed by atoms with Crippen molar-refractivity contribution in [1.82, 2.24) is 4.90 Å². The van der Waals surface area contributed by atoms with Crippen LogP contribution in [-0.2, 0) is 15.0 Å². The molecular weight excluding hydrogens is 318 g/mol. The van der Waals surface area contributed by atoms with E-state index in [1.165, 1.54) is 0 Å². The SMILES string of the molecule is COc1ccc(C2(C(=O)N3CCCCC[C@@H]3C(=O)O)CCCC2)cc1. The molecule has 1 heterocycles. The number of carboxylic acid groups (broad SMARTS) is 1. The molecule has 0 radical (unpaired) electrons. The van der Waals surface area contributed by atoms with Gasteiger partial charge in [0.2, 0.25) is 5.91 Å². The Hall–Kier alpha value is -2.04. The van der Waals surface area contributed by atoms with Crippen molar-refractivity contribution in [3.8, 4) is 5.75 Å². The average molecular weight is 345 g/mol. The number of carbonyl (C=O) groups is 2. The van der Waals surface area contributed by atoms with Gasteiger partial charge in [0.1, 0.15) is 11.8 Å². The molecule has 1 N–H and O–H groups in total. The van der Waals surface area contributed by atoms with Crippen LogP contribution in [0.5, 0.6) is 5.75 Å². The standard InChI is InChI=1S/C20H27NO4/c1-25-16-10-8-15(9-11-16)20(12-4-5-13-20)19(24)21-14-6-2-3-7-17(21)18(22)23/h8-11,17H,2-7,12-14H2,1H3,(H,22,23)/t17-/m1/s1. The van der Waals surface area contributed by atoms with E-state index in [-0.39, 0.29) is 5.91 Å². The van der Waals surface area contributed by atoms with E-state index in [0.29, 0.717) is 13.0 Å². The van der Waals surface area contributed by atoms with Gasteiger partial charge in [0, 0.05) is 6.54 Å². The van der Waals surface area contributed by atoms with Crippen LogP contribution in [0.1, 0.15) is 56.9 Å². The molecule has 3 rings (SSSR count). The number of amides is 1. The van der Waals surface area contributed by atoms with Gasteiger partial charge in [-0.15, -0.1) is 0 Å². The molecule has 1 aromatic rings. The van der Waals surface area contributed by atoms with E-state index in [1.54, 1.807) is 12.0 Å². The number of rotatable bonds is 4. The lowest BCUT2D eigenvalue weighted by molar-refractivity contribution is -0.153. The normalized spacial score (nSPS) is 23.1. The lowest BCUT2D eigenvalue weighted by Gasteiger charge is -2.37. The Balaban J connectivity index is 1.95. The van der Waals surface area contributed by atoms with Gasteiger partial charge in [0.15, 0.2) is 0 Å². The van der Waals surface area contributed by atoms with E-state index in [2.05, 4.69) is 0 Å². The second-order valence-electron chi connectivity index (χ2n) is 7.22. The van der Waals surface area contributed by atoms with E-state index in [9.17, 15) is 14.7 Å². The molecule has 1 aliphatic heterocycles. The minimum atomic E-state index is -0.877. The van der Waals surface area contributed by atoms with Crippen molar-refractivity contribution in [2.75, 3.05) is 13.7 Å². The summed E-state index contributed by atoms with van der Waals surface area (Å²) in [7, 11) is 1.63. The molecule has 5 heteroatoms. The number of benzene rings is 1. The highest BCUT2D eigenvalue weighted by molar-refractivity contribution is 5.92. The minimum Gasteiger partial charge on any atom is -0.497 e. The summed E-state index contributed by atoms with van der Waals surface area (Å²) in [4.78, 5) is 27.0. The molecule has 1 saturated carbocycles. The first-order chi connectivity index (χ1) is 12.1. The summed E-state index contributed by atoms with van der Waals surface area (Å²) in [6.45, 7) is 0.549. The topological polar surface area (TPSA) is 66.8 Å². The highest BCUT2D eigenvalue weighted by Crippen LogP contribution is 2.44. The van der Waals surface area contributed by atoms with Gasteiger partial charge in [0.25, 0.3) is 0 Å². The molecule has 2 aliphatic rings. The van der Waals surface area contributed by atoms with Crippen molar-refractivity contribution in [3.05, 3.63) is 29.8 Å². The summed E-state index contributed by atoms with van der Waals surface area (Å²) < 4.78 is 5.23. The maximum atomic E-state index is 13.6. The number of likely N-dealkylation sites (tertiary alicyclic amines) is 1. The quantitative estimate of drug-likeness (QED) is 0.908. The Labute approximate surface area is 149 Å². The molecule has 0 aromatic heterocycles. The van der Waals surface area contributed by atoms with Crippen LogP contribution in [0.3, 0.4) is 0 Å². The predicted octanol–water partition coefficient (Wildman–Crippen LogP) is 3.36. The first-order valence-electron chi connectivity index (χ1n) is 9.27. The molecule has 0 unspecified atom stereocenters. The number of carbonyl (C=O) groups excluding carboxylic acids is 1. The number of carboxylic acids is 1. The van der Waals surface area contributed by atoms with Crippen LogP contribution in [0.25, 0.3) is 0 Å². The van der Waals surface area contributed by atoms with Gasteiger partial charge < -0.3 is 14.7 Å². The lowest BCUT2D eigenvalue weighted by Crippen LogP contribution is -2.52. The molecule has 1 amide bonds. The van der Waals surface area contributed by atoms with Crippen LogP contribution >= 0.6 is 0 Å². The lowest BCUT2D eigenvalue weighted by atomic mass is 9.77. The Kier molecular flexibility index (Phi) is 5.30. The molecule has 0 bridgehead atoms. The van der Waals surface area contributed by atoms with E-state index < -0.39 is 17.4 Å². The van der Waals surface area contributed by atoms with Crippen molar-refractivity contribution in [3.63, 3.8) is 0 Å². The Bertz CT molecular complexity index is 619. The summed E-state index contributed by atoms with van der Waals surface area (Å²) in [6, 6.07) is 7.02. The number of ether oxygens (including phenoxy) is 1. The fourth-order valence-corrected chi connectivity index (χ4v) is 4.40. The number of hydrogen-bond donors (Lipinski definition) is 1. The summed E-state index contributed by atoms with van der Waals surface area (Å²) in [6.07, 6.45) is 6.89. The van der Waals surface area contributed by atoms with Gasteiger partial charge in [-0.1, -0.05) is 37.8 Å². The molecule has 1 saturated heterocycles. The number of nitrogens with zero attached hydrogens (tertiary/aromatic N) is 1. The van der Waals surface area contributed by atoms with Crippen LogP contribution < -0.4 is 4.74 Å². The zero-order valence-corrected chi connectivity index (χ0v) is 14.9. The maximum Gasteiger partial charge on any atom is 0.326 e. The van der Waals surface area contributed by atoms with Crippen LogP contribution in [0.4, 0.5) is 0 Å². The first kappa shape index (κ1) is 17.8. The van der Waals surface area contributed by atoms with Gasteiger partial charge in [-0.2, -0.15) is 0 Å². The van der Waals surface area contributed by atoms with Gasteiger partial charge >= 0.3 is 5.97 Å². The molecule has 136 valence electrons. The van der Waals surface area contributed by atoms with E-state index in [0.717, 1.165) is 56.3 Å². The van der Waals surface area contributed by atoms with Crippen molar-refractivity contribution >= 4 is 11.9 Å². The summed E-state index contributed by atoms with van der Waals surface area (Å²) >= 11 is 0. The predicted molar refractivity (Wildman–Crippen MR) is 94.7 cm³/mol. The third kappa shape index (κ3) is 3.37. The highest BCUT2D eigenvalue weighted by atomic mass is 16.5. The van der Waals surface area contributed by atoms with Gasteiger partial charge in [-0.3, -0.25) is 4.79 Å². The summed E-state index contributed by atoms with van der Waals surface area (Å²) in [5, 5.41) is 9.64. The maximum absolute atomic E-state index is 13.6. The van der Waals surface area contributed by atoms with Crippen molar-refractivity contribution in [2.24, 2.45) is 0 Å². The van der Waals surface area contributed by atoms with Crippen LogP contribution in [0.2, 0.25) is 0 Å². The molecule has 1 aliphatic carbocycles. The number of aliphatic carboxylic acids is 1. The zero-order valence-electron chi connectivity index (χ0n) is 14.9. The van der Waals surface area contributed by atoms with Crippen molar-refractivity contribution in [2.45, 2.75) is 62.8 Å². The molecular formula is C20H27NO4. The monoisotopic (exact) mass is 345 g/mol. The van der Waals surface area contributed by atoms with Crippen molar-refractivity contribution in [1.29, 1.82) is 0 Å². The second kappa shape index (κ2) is 7.46. The largest absolute Gasteiger partial charge is 0.497 e. The molecule has 5 nitrogen and oxygen atoms in total. The Morgan fingerprint density at radius 1 is 1.08 bits per heavy atom. The average Bonchev–Trinajstić information content (AvgIpc) is 2.99. The van der Waals surface area contributed by atoms with E-state index >= 15 is 0 Å². The molecule has 1 aromatic carbocycles. The fraction of sp³-hybridized carbons (Fsp3) is 0.600. The molecule has 0 spiro atoms. The van der Waals surface area contributed by atoms with Crippen molar-refractivity contribution < 1.29 is 19.4 Å². The number of methoxy groups -OCH3 is 1. The fourth-order valence-electron chi connectivity index (χ4n) is 4.40. The van der Waals surface area contributed by atoms with Gasteiger partial charge in [0.05, 0.1) is 12.5 Å². The molecule has 2 fully saturated rings. The third-order valence-electron chi connectivity index (χ3n) is 5.81. The minimum absolute atomic E-state index is 0.00414. The summed E-state index contributed by atoms with van der Waals surface area (Å²) in [5.74, 6) is -0.106.